The molecule has 0 aromatic heterocycles. The van der Waals surface area contributed by atoms with E-state index in [-0.39, 0.29) is 23.2 Å². The van der Waals surface area contributed by atoms with Crippen molar-refractivity contribution < 1.29 is 14.3 Å². The van der Waals surface area contributed by atoms with Gasteiger partial charge in [-0.3, -0.25) is 0 Å². The number of hydrogen-bond donors (Lipinski definition) is 2. The molecule has 0 saturated carbocycles. The van der Waals surface area contributed by atoms with Gasteiger partial charge in [0.25, 0.3) is 0 Å². The Hall–Kier alpha value is -1.49. The molecule has 0 aliphatic heterocycles. The molecule has 0 aliphatic rings. The van der Waals surface area contributed by atoms with Crippen molar-refractivity contribution in [3.05, 3.63) is 29.0 Å². The monoisotopic (exact) mass is 246 g/mol. The van der Waals surface area contributed by atoms with E-state index in [0.29, 0.717) is 12.8 Å². The van der Waals surface area contributed by atoms with Crippen LogP contribution in [-0.2, 0) is 0 Å². The Labute approximate surface area is 97.5 Å². The van der Waals surface area contributed by atoms with Crippen LogP contribution in [0.4, 0.5) is 4.39 Å². The highest BCUT2D eigenvalue weighted by Gasteiger charge is 2.07. The fourth-order valence-corrected chi connectivity index (χ4v) is 1.32. The van der Waals surface area contributed by atoms with Gasteiger partial charge in [-0.05, 0) is 18.6 Å². The Morgan fingerprint density at radius 1 is 1.56 bits per heavy atom. The number of oxime groups is 1. The van der Waals surface area contributed by atoms with E-state index in [4.69, 9.17) is 27.3 Å². The quantitative estimate of drug-likeness (QED) is 0.276. The molecule has 1 rings (SSSR count). The minimum Gasteiger partial charge on any atom is -0.489 e. The molecule has 0 atom stereocenters. The molecule has 0 bridgehead atoms. The first-order chi connectivity index (χ1) is 7.65. The van der Waals surface area contributed by atoms with Gasteiger partial charge in [-0.15, -0.1) is 0 Å². The number of para-hydroxylation sites is 1. The Morgan fingerprint density at radius 3 is 2.94 bits per heavy atom. The van der Waals surface area contributed by atoms with Crippen molar-refractivity contribution in [2.24, 2.45) is 10.9 Å². The van der Waals surface area contributed by atoms with E-state index in [1.165, 1.54) is 12.1 Å². The van der Waals surface area contributed by atoms with Gasteiger partial charge >= 0.3 is 0 Å². The highest BCUT2D eigenvalue weighted by atomic mass is 35.5. The Kier molecular flexibility index (Phi) is 4.85. The summed E-state index contributed by atoms with van der Waals surface area (Å²) in [5.41, 5.74) is 5.26. The highest BCUT2D eigenvalue weighted by molar-refractivity contribution is 6.32. The third-order valence-electron chi connectivity index (χ3n) is 1.87. The van der Waals surface area contributed by atoms with Crippen molar-refractivity contribution in [3.8, 4) is 5.75 Å². The first kappa shape index (κ1) is 12.6. The van der Waals surface area contributed by atoms with Crippen molar-refractivity contribution >= 4 is 17.4 Å². The van der Waals surface area contributed by atoms with E-state index >= 15 is 0 Å². The molecule has 0 heterocycles. The molecule has 0 aliphatic carbocycles. The lowest BCUT2D eigenvalue weighted by Crippen LogP contribution is -2.13. The SMILES string of the molecule is N/C(CCCOc1c(F)cccc1Cl)=N/O. The van der Waals surface area contributed by atoms with Crippen LogP contribution < -0.4 is 10.5 Å². The standard InChI is InChI=1S/C10H12ClFN2O2/c11-7-3-1-4-8(12)10(7)16-6-2-5-9(13)14-15/h1,3-4,15H,2,5-6H2,(H2,13,14). The zero-order valence-corrected chi connectivity index (χ0v) is 9.25. The molecule has 4 nitrogen and oxygen atoms in total. The molecular weight excluding hydrogens is 235 g/mol. The van der Waals surface area contributed by atoms with E-state index in [1.54, 1.807) is 6.07 Å². The Balaban J connectivity index is 2.43. The molecule has 0 saturated heterocycles. The molecule has 88 valence electrons. The van der Waals surface area contributed by atoms with E-state index in [0.717, 1.165) is 0 Å². The van der Waals surface area contributed by atoms with Crippen molar-refractivity contribution in [1.29, 1.82) is 0 Å². The van der Waals surface area contributed by atoms with Crippen LogP contribution in [-0.4, -0.2) is 17.6 Å². The van der Waals surface area contributed by atoms with Crippen LogP contribution in [0.25, 0.3) is 0 Å². The number of rotatable bonds is 5. The predicted molar refractivity (Wildman–Crippen MR) is 59.5 cm³/mol. The lowest BCUT2D eigenvalue weighted by molar-refractivity contribution is 0.294. The van der Waals surface area contributed by atoms with Crippen molar-refractivity contribution in [2.45, 2.75) is 12.8 Å². The summed E-state index contributed by atoms with van der Waals surface area (Å²) in [6.07, 6.45) is 0.892. The number of ether oxygens (including phenoxy) is 1. The third kappa shape index (κ3) is 3.58. The second-order valence-electron chi connectivity index (χ2n) is 3.09. The number of amidine groups is 1. The van der Waals surface area contributed by atoms with Crippen LogP contribution in [0.3, 0.4) is 0 Å². The van der Waals surface area contributed by atoms with Gasteiger partial charge < -0.3 is 15.7 Å². The number of hydrogen-bond acceptors (Lipinski definition) is 3. The molecule has 0 amide bonds. The lowest BCUT2D eigenvalue weighted by Gasteiger charge is -2.08. The minimum atomic E-state index is -0.503. The molecule has 3 N–H and O–H groups in total. The van der Waals surface area contributed by atoms with Crippen LogP contribution in [0.5, 0.6) is 5.75 Å². The fourth-order valence-electron chi connectivity index (χ4n) is 1.10. The van der Waals surface area contributed by atoms with Gasteiger partial charge in [-0.2, -0.15) is 0 Å². The Morgan fingerprint density at radius 2 is 2.31 bits per heavy atom. The summed E-state index contributed by atoms with van der Waals surface area (Å²) >= 11 is 5.74. The van der Waals surface area contributed by atoms with E-state index in [1.807, 2.05) is 0 Å². The summed E-state index contributed by atoms with van der Waals surface area (Å²) in [6.45, 7) is 0.247. The Bertz CT molecular complexity index is 365. The van der Waals surface area contributed by atoms with Crippen LogP contribution in [0.1, 0.15) is 12.8 Å². The van der Waals surface area contributed by atoms with Crippen LogP contribution >= 0.6 is 11.6 Å². The summed E-state index contributed by atoms with van der Waals surface area (Å²) in [5, 5.41) is 11.3. The van der Waals surface area contributed by atoms with Crippen molar-refractivity contribution in [1.82, 2.24) is 0 Å². The smallest absolute Gasteiger partial charge is 0.173 e. The maximum absolute atomic E-state index is 13.2. The zero-order chi connectivity index (χ0) is 12.0. The molecule has 0 unspecified atom stereocenters. The van der Waals surface area contributed by atoms with E-state index in [2.05, 4.69) is 5.16 Å². The average Bonchev–Trinajstić information content (AvgIpc) is 2.27. The van der Waals surface area contributed by atoms with Gasteiger partial charge in [-0.1, -0.05) is 22.8 Å². The zero-order valence-electron chi connectivity index (χ0n) is 8.49. The van der Waals surface area contributed by atoms with Crippen molar-refractivity contribution in [2.75, 3.05) is 6.61 Å². The normalized spacial score (nSPS) is 11.5. The second kappa shape index (κ2) is 6.17. The minimum absolute atomic E-state index is 0.0312. The summed E-state index contributed by atoms with van der Waals surface area (Å²) in [5.74, 6) is -0.358. The summed E-state index contributed by atoms with van der Waals surface area (Å²) in [7, 11) is 0. The topological polar surface area (TPSA) is 67.8 Å². The number of halogens is 2. The lowest BCUT2D eigenvalue weighted by atomic mass is 10.3. The van der Waals surface area contributed by atoms with Gasteiger partial charge in [-0.25, -0.2) is 4.39 Å². The van der Waals surface area contributed by atoms with Crippen LogP contribution in [0.15, 0.2) is 23.4 Å². The maximum atomic E-state index is 13.2. The number of nitrogens with zero attached hydrogens (tertiary/aromatic N) is 1. The highest BCUT2D eigenvalue weighted by Crippen LogP contribution is 2.27. The van der Waals surface area contributed by atoms with Gasteiger partial charge in [0.05, 0.1) is 11.6 Å². The largest absolute Gasteiger partial charge is 0.489 e. The van der Waals surface area contributed by atoms with Gasteiger partial charge in [0.15, 0.2) is 11.6 Å². The molecule has 0 spiro atoms. The second-order valence-corrected chi connectivity index (χ2v) is 3.50. The average molecular weight is 247 g/mol. The van der Waals surface area contributed by atoms with E-state index in [9.17, 15) is 4.39 Å². The summed E-state index contributed by atoms with van der Waals surface area (Å²) < 4.78 is 18.4. The van der Waals surface area contributed by atoms with Crippen molar-refractivity contribution in [3.63, 3.8) is 0 Å². The fraction of sp³-hybridized carbons (Fsp3) is 0.300. The van der Waals surface area contributed by atoms with Gasteiger partial charge in [0.2, 0.25) is 0 Å². The summed E-state index contributed by atoms with van der Waals surface area (Å²) in [6, 6.07) is 4.31. The molecule has 1 aromatic rings. The predicted octanol–water partition coefficient (Wildman–Crippen LogP) is 2.38. The molecule has 1 aromatic carbocycles. The van der Waals surface area contributed by atoms with Gasteiger partial charge in [0.1, 0.15) is 5.84 Å². The third-order valence-corrected chi connectivity index (χ3v) is 2.17. The first-order valence-electron chi connectivity index (χ1n) is 4.68. The molecule has 16 heavy (non-hydrogen) atoms. The van der Waals surface area contributed by atoms with Gasteiger partial charge in [0, 0.05) is 6.42 Å². The molecule has 0 radical (unpaired) electrons. The van der Waals surface area contributed by atoms with Crippen LogP contribution in [0, 0.1) is 5.82 Å². The maximum Gasteiger partial charge on any atom is 0.173 e. The first-order valence-corrected chi connectivity index (χ1v) is 5.06. The van der Waals surface area contributed by atoms with Crippen LogP contribution in [0.2, 0.25) is 5.02 Å². The summed E-state index contributed by atoms with van der Waals surface area (Å²) in [4.78, 5) is 0. The number of benzene rings is 1. The molecule has 0 fully saturated rings. The van der Waals surface area contributed by atoms with E-state index < -0.39 is 5.82 Å². The number of nitrogens with two attached hydrogens (primary N) is 1. The molecular formula is C10H12ClFN2O2. The molecule has 6 heteroatoms.